The van der Waals surface area contributed by atoms with Crippen LogP contribution >= 0.6 is 0 Å². The second-order valence-corrected chi connectivity index (χ2v) is 3.68. The van der Waals surface area contributed by atoms with Crippen LogP contribution in [0, 0.1) is 0 Å². The third-order valence-corrected chi connectivity index (χ3v) is 2.98. The van der Waals surface area contributed by atoms with E-state index in [0.29, 0.717) is 0 Å². The molecule has 0 unspecified atom stereocenters. The first-order chi connectivity index (χ1) is 4.97. The highest BCUT2D eigenvalue weighted by Gasteiger charge is 2.24. The average molecular weight is 155 g/mol. The fourth-order valence-corrected chi connectivity index (χ4v) is 2.15. The van der Waals surface area contributed by atoms with Gasteiger partial charge in [0.1, 0.15) is 0 Å². The molecule has 1 aliphatic heterocycles. The highest BCUT2D eigenvalue weighted by atomic mass is 15.2. The van der Waals surface area contributed by atoms with Gasteiger partial charge in [0, 0.05) is 6.04 Å². The normalized spacial score (nSPS) is 27.3. The monoisotopic (exact) mass is 155 g/mol. The highest BCUT2D eigenvalue weighted by molar-refractivity contribution is 4.80. The Hall–Kier alpha value is -0.0400. The van der Waals surface area contributed by atoms with Gasteiger partial charge in [0.25, 0.3) is 0 Å². The minimum Gasteiger partial charge on any atom is -0.300 e. The van der Waals surface area contributed by atoms with Crippen molar-refractivity contribution in [2.24, 2.45) is 0 Å². The van der Waals surface area contributed by atoms with Crippen LogP contribution < -0.4 is 0 Å². The topological polar surface area (TPSA) is 3.24 Å². The van der Waals surface area contributed by atoms with E-state index in [4.69, 9.17) is 0 Å². The van der Waals surface area contributed by atoms with Crippen LogP contribution in [0.4, 0.5) is 0 Å². The zero-order valence-corrected chi connectivity index (χ0v) is 6.68. The van der Waals surface area contributed by atoms with E-state index in [1.54, 1.807) is 0 Å². The van der Waals surface area contributed by atoms with Gasteiger partial charge in [-0.25, -0.2) is 0 Å². The van der Waals surface area contributed by atoms with E-state index in [2.05, 4.69) is 4.90 Å². The molecule has 0 aromatic heterocycles. The smallest absolute Gasteiger partial charge is 0.00952 e. The molecule has 1 saturated carbocycles. The lowest BCUT2D eigenvalue weighted by atomic mass is 9.92. The van der Waals surface area contributed by atoms with Crippen molar-refractivity contribution in [2.75, 3.05) is 13.1 Å². The molecule has 2 fully saturated rings. The molecule has 0 amide bonds. The maximum Gasteiger partial charge on any atom is 0.00952 e. The predicted octanol–water partition coefficient (Wildman–Crippen LogP) is 2.66. The molecule has 2 aliphatic rings. The summed E-state index contributed by atoms with van der Waals surface area (Å²) in [6.45, 7) is 2.79. The number of nitrogens with zero attached hydrogens (tertiary/aromatic N) is 1. The summed E-state index contributed by atoms with van der Waals surface area (Å²) in [4.78, 5) is 2.67. The Bertz CT molecular complexity index is 101. The molecule has 0 bridgehead atoms. The lowest BCUT2D eigenvalue weighted by Crippen LogP contribution is -2.45. The van der Waals surface area contributed by atoms with E-state index in [1.165, 1.54) is 51.6 Å². The van der Waals surface area contributed by atoms with E-state index < -0.39 is 0 Å². The molecule has 1 saturated heterocycles. The predicted molar refractivity (Wildman–Crippen MR) is 49.8 cm³/mol. The second-order valence-electron chi connectivity index (χ2n) is 3.68. The van der Waals surface area contributed by atoms with Crippen LogP contribution in [0.15, 0.2) is 0 Å². The quantitative estimate of drug-likeness (QED) is 0.562. The van der Waals surface area contributed by atoms with Crippen LogP contribution in [0.1, 0.15) is 46.0 Å². The SMILES string of the molecule is C.C1CCC(N2CCC2)CC1. The molecular formula is C10H21N. The second kappa shape index (κ2) is 4.10. The Morgan fingerprint density at radius 3 is 1.91 bits per heavy atom. The Morgan fingerprint density at radius 2 is 1.45 bits per heavy atom. The van der Waals surface area contributed by atoms with Crippen LogP contribution in [0.3, 0.4) is 0 Å². The molecule has 1 heteroatoms. The summed E-state index contributed by atoms with van der Waals surface area (Å²) in [6.07, 6.45) is 8.89. The van der Waals surface area contributed by atoms with Crippen molar-refractivity contribution in [1.82, 2.24) is 4.90 Å². The van der Waals surface area contributed by atoms with Crippen LogP contribution in [0.5, 0.6) is 0 Å². The summed E-state index contributed by atoms with van der Waals surface area (Å²) in [5.74, 6) is 0. The van der Waals surface area contributed by atoms with Crippen molar-refractivity contribution in [2.45, 2.75) is 52.0 Å². The van der Waals surface area contributed by atoms with E-state index in [9.17, 15) is 0 Å². The molecule has 0 N–H and O–H groups in total. The Kier molecular flexibility index (Phi) is 3.38. The van der Waals surface area contributed by atoms with Crippen LogP contribution in [-0.4, -0.2) is 24.0 Å². The lowest BCUT2D eigenvalue weighted by molar-refractivity contribution is 0.0913. The Morgan fingerprint density at radius 1 is 0.818 bits per heavy atom. The number of hydrogen-bond acceptors (Lipinski definition) is 1. The molecule has 1 aliphatic carbocycles. The molecule has 66 valence electrons. The first kappa shape index (κ1) is 9.05. The number of rotatable bonds is 1. The van der Waals surface area contributed by atoms with Crippen molar-refractivity contribution in [3.63, 3.8) is 0 Å². The van der Waals surface area contributed by atoms with E-state index >= 15 is 0 Å². The summed E-state index contributed by atoms with van der Waals surface area (Å²) < 4.78 is 0. The van der Waals surface area contributed by atoms with Gasteiger partial charge in [0.05, 0.1) is 0 Å². The lowest BCUT2D eigenvalue weighted by Gasteiger charge is -2.40. The standard InChI is InChI=1S/C9H17N.CH4/c1-2-5-9(6-3-1)10-7-4-8-10;/h9H,1-8H2;1H4. The van der Waals surface area contributed by atoms with Crippen molar-refractivity contribution in [1.29, 1.82) is 0 Å². The van der Waals surface area contributed by atoms with Gasteiger partial charge < -0.3 is 4.90 Å². The molecule has 0 spiro atoms. The Balaban J connectivity index is 0.000000605. The highest BCUT2D eigenvalue weighted by Crippen LogP contribution is 2.25. The van der Waals surface area contributed by atoms with Gasteiger partial charge in [-0.05, 0) is 32.4 Å². The van der Waals surface area contributed by atoms with Gasteiger partial charge in [0.15, 0.2) is 0 Å². The van der Waals surface area contributed by atoms with Crippen molar-refractivity contribution in [3.05, 3.63) is 0 Å². The molecule has 1 heterocycles. The summed E-state index contributed by atoms with van der Waals surface area (Å²) >= 11 is 0. The first-order valence-electron chi connectivity index (χ1n) is 4.71. The van der Waals surface area contributed by atoms with Crippen LogP contribution in [-0.2, 0) is 0 Å². The zero-order chi connectivity index (χ0) is 6.81. The minimum atomic E-state index is 0. The van der Waals surface area contributed by atoms with Gasteiger partial charge >= 0.3 is 0 Å². The fraction of sp³-hybridized carbons (Fsp3) is 1.00. The molecule has 11 heavy (non-hydrogen) atoms. The number of hydrogen-bond donors (Lipinski definition) is 0. The van der Waals surface area contributed by atoms with Crippen molar-refractivity contribution < 1.29 is 0 Å². The molecule has 0 radical (unpaired) electrons. The van der Waals surface area contributed by atoms with Gasteiger partial charge in [0.2, 0.25) is 0 Å². The maximum absolute atomic E-state index is 2.67. The van der Waals surface area contributed by atoms with Gasteiger partial charge in [-0.1, -0.05) is 26.7 Å². The molecular weight excluding hydrogens is 134 g/mol. The van der Waals surface area contributed by atoms with Gasteiger partial charge in [-0.2, -0.15) is 0 Å². The number of likely N-dealkylation sites (tertiary alicyclic amines) is 1. The molecule has 0 aromatic carbocycles. The molecule has 0 aromatic rings. The third kappa shape index (κ3) is 1.96. The fourth-order valence-electron chi connectivity index (χ4n) is 2.15. The van der Waals surface area contributed by atoms with Gasteiger partial charge in [-0.15, -0.1) is 0 Å². The van der Waals surface area contributed by atoms with Gasteiger partial charge in [-0.3, -0.25) is 0 Å². The minimum absolute atomic E-state index is 0. The zero-order valence-electron chi connectivity index (χ0n) is 6.68. The average Bonchev–Trinajstić information content (AvgIpc) is 1.86. The van der Waals surface area contributed by atoms with Crippen molar-refractivity contribution >= 4 is 0 Å². The summed E-state index contributed by atoms with van der Waals surface area (Å²) in [7, 11) is 0. The molecule has 2 rings (SSSR count). The van der Waals surface area contributed by atoms with Crippen LogP contribution in [0.2, 0.25) is 0 Å². The van der Waals surface area contributed by atoms with Crippen LogP contribution in [0.25, 0.3) is 0 Å². The van der Waals surface area contributed by atoms with E-state index in [1.807, 2.05) is 0 Å². The molecule has 0 atom stereocenters. The summed E-state index contributed by atoms with van der Waals surface area (Å²) in [5, 5.41) is 0. The maximum atomic E-state index is 2.67. The summed E-state index contributed by atoms with van der Waals surface area (Å²) in [5.41, 5.74) is 0. The van der Waals surface area contributed by atoms with E-state index in [0.717, 1.165) is 6.04 Å². The molecule has 1 nitrogen and oxygen atoms in total. The van der Waals surface area contributed by atoms with E-state index in [-0.39, 0.29) is 7.43 Å². The largest absolute Gasteiger partial charge is 0.300 e. The Labute approximate surface area is 70.8 Å². The van der Waals surface area contributed by atoms with Crippen molar-refractivity contribution in [3.8, 4) is 0 Å². The summed E-state index contributed by atoms with van der Waals surface area (Å²) in [6, 6.07) is 0.988. The first-order valence-corrected chi connectivity index (χ1v) is 4.71. The third-order valence-electron chi connectivity index (χ3n) is 2.98.